The Morgan fingerprint density at radius 1 is 1.86 bits per heavy atom. The van der Waals surface area contributed by atoms with Crippen molar-refractivity contribution in [3.63, 3.8) is 0 Å². The first-order valence-corrected chi connectivity index (χ1v) is 2.44. The van der Waals surface area contributed by atoms with Gasteiger partial charge in [-0.2, -0.15) is 0 Å². The van der Waals surface area contributed by atoms with Gasteiger partial charge in [-0.1, -0.05) is 0 Å². The second-order valence-electron chi connectivity index (χ2n) is 0.820. The predicted molar refractivity (Wildman–Crippen MR) is 30.8 cm³/mol. The molecule has 7 heavy (non-hydrogen) atoms. The average molecular weight is 214 g/mol. The molecule has 0 aliphatic heterocycles. The minimum absolute atomic E-state index is 0.150. The summed E-state index contributed by atoms with van der Waals surface area (Å²) < 4.78 is 4.09. The summed E-state index contributed by atoms with van der Waals surface area (Å²) in [7, 11) is 0. The fourth-order valence-electron chi connectivity index (χ4n) is 0.0995. The first kappa shape index (κ1) is 6.87. The van der Waals surface area contributed by atoms with E-state index in [9.17, 15) is 9.59 Å². The van der Waals surface area contributed by atoms with E-state index in [-0.39, 0.29) is 6.42 Å². The Bertz CT molecular complexity index is 80.2. The molecular formula is C3H3IO3. The molecular weight excluding hydrogens is 211 g/mol. The number of aldehydes is 1. The van der Waals surface area contributed by atoms with Gasteiger partial charge in [0.25, 0.3) is 0 Å². The van der Waals surface area contributed by atoms with Gasteiger partial charge in [0.2, 0.25) is 0 Å². The Labute approximate surface area is 54.7 Å². The zero-order valence-electron chi connectivity index (χ0n) is 3.39. The molecule has 0 radical (unpaired) electrons. The third-order valence-electron chi connectivity index (χ3n) is 0.336. The smallest absolute Gasteiger partial charge is 0.322 e. The van der Waals surface area contributed by atoms with E-state index >= 15 is 0 Å². The van der Waals surface area contributed by atoms with E-state index in [1.165, 1.54) is 23.0 Å². The lowest BCUT2D eigenvalue weighted by atomic mass is 10.5. The maximum Gasteiger partial charge on any atom is 0.322 e. The molecule has 0 heterocycles. The van der Waals surface area contributed by atoms with Gasteiger partial charge in [-0.3, -0.25) is 4.79 Å². The van der Waals surface area contributed by atoms with Crippen LogP contribution in [0.15, 0.2) is 0 Å². The minimum Gasteiger partial charge on any atom is -0.394 e. The number of carbonyl (C=O) groups is 2. The van der Waals surface area contributed by atoms with Crippen LogP contribution in [0.3, 0.4) is 0 Å². The summed E-state index contributed by atoms with van der Waals surface area (Å²) in [5.74, 6) is -0.504. The fourth-order valence-corrected chi connectivity index (χ4v) is 0.279. The van der Waals surface area contributed by atoms with Gasteiger partial charge in [-0.15, -0.1) is 0 Å². The van der Waals surface area contributed by atoms with Crippen LogP contribution in [0.25, 0.3) is 0 Å². The highest BCUT2D eigenvalue weighted by Gasteiger charge is 1.95. The summed E-state index contributed by atoms with van der Waals surface area (Å²) in [6.45, 7) is 0. The van der Waals surface area contributed by atoms with Crippen molar-refractivity contribution in [1.29, 1.82) is 0 Å². The first-order valence-electron chi connectivity index (χ1n) is 1.56. The second kappa shape index (κ2) is 4.04. The normalized spacial score (nSPS) is 7.57. The van der Waals surface area contributed by atoms with Crippen LogP contribution in [-0.4, -0.2) is 12.3 Å². The molecule has 0 aromatic carbocycles. The maximum atomic E-state index is 9.95. The monoisotopic (exact) mass is 214 g/mol. The third-order valence-corrected chi connectivity index (χ3v) is 0.827. The topological polar surface area (TPSA) is 43.4 Å². The minimum atomic E-state index is -0.504. The summed E-state index contributed by atoms with van der Waals surface area (Å²) in [6.07, 6.45) is 0.351. The van der Waals surface area contributed by atoms with Gasteiger partial charge >= 0.3 is 5.97 Å². The van der Waals surface area contributed by atoms with E-state index in [2.05, 4.69) is 3.07 Å². The van der Waals surface area contributed by atoms with Gasteiger partial charge in [0.15, 0.2) is 23.0 Å². The lowest BCUT2D eigenvalue weighted by Crippen LogP contribution is -1.94. The van der Waals surface area contributed by atoms with Crippen LogP contribution in [0.4, 0.5) is 0 Å². The lowest BCUT2D eigenvalue weighted by molar-refractivity contribution is -0.132. The Balaban J connectivity index is 3.17. The summed E-state index contributed by atoms with van der Waals surface area (Å²) in [5.41, 5.74) is 0. The second-order valence-corrected chi connectivity index (χ2v) is 1.26. The fraction of sp³-hybridized carbons (Fsp3) is 0.333. The number of hydrogen-bond donors (Lipinski definition) is 0. The highest BCUT2D eigenvalue weighted by Crippen LogP contribution is 1.88. The standard InChI is InChI=1S/C3H3IO3/c4-7-3(6)1-2-5/h2H,1H2. The molecule has 0 aromatic rings. The Morgan fingerprint density at radius 3 is 2.57 bits per heavy atom. The van der Waals surface area contributed by atoms with Crippen LogP contribution in [0.1, 0.15) is 6.42 Å². The van der Waals surface area contributed by atoms with Crippen molar-refractivity contribution in [2.45, 2.75) is 6.42 Å². The molecule has 0 fully saturated rings. The quantitative estimate of drug-likeness (QED) is 0.381. The van der Waals surface area contributed by atoms with Crippen molar-refractivity contribution in [3.05, 3.63) is 0 Å². The van der Waals surface area contributed by atoms with Crippen LogP contribution >= 0.6 is 23.0 Å². The van der Waals surface area contributed by atoms with Crippen molar-refractivity contribution < 1.29 is 12.7 Å². The van der Waals surface area contributed by atoms with Crippen molar-refractivity contribution in [1.82, 2.24) is 0 Å². The lowest BCUT2D eigenvalue weighted by Gasteiger charge is -1.82. The Kier molecular flexibility index (Phi) is 3.97. The van der Waals surface area contributed by atoms with E-state index < -0.39 is 5.97 Å². The van der Waals surface area contributed by atoms with Crippen LogP contribution in [0, 0.1) is 0 Å². The molecule has 0 atom stereocenters. The highest BCUT2D eigenvalue weighted by molar-refractivity contribution is 14.1. The summed E-state index contributed by atoms with van der Waals surface area (Å²) in [4.78, 5) is 19.4. The SMILES string of the molecule is O=CCC(=O)OI. The number of carbonyl (C=O) groups excluding carboxylic acids is 2. The molecule has 0 saturated heterocycles. The zero-order chi connectivity index (χ0) is 5.70. The first-order chi connectivity index (χ1) is 3.31. The summed E-state index contributed by atoms with van der Waals surface area (Å²) >= 11 is 1.43. The van der Waals surface area contributed by atoms with Crippen molar-refractivity contribution in [2.24, 2.45) is 0 Å². The molecule has 40 valence electrons. The molecule has 0 bridgehead atoms. The van der Waals surface area contributed by atoms with Gasteiger partial charge in [0.1, 0.15) is 12.7 Å². The van der Waals surface area contributed by atoms with Gasteiger partial charge in [0.05, 0.1) is 0 Å². The van der Waals surface area contributed by atoms with E-state index in [1.54, 1.807) is 0 Å². The van der Waals surface area contributed by atoms with E-state index in [1.807, 2.05) is 0 Å². The van der Waals surface area contributed by atoms with E-state index in [0.29, 0.717) is 6.29 Å². The molecule has 0 aliphatic rings. The Hall–Kier alpha value is -0.130. The van der Waals surface area contributed by atoms with Crippen molar-refractivity contribution >= 4 is 35.3 Å². The molecule has 0 rings (SSSR count). The molecule has 4 heteroatoms. The average Bonchev–Trinajstić information content (AvgIpc) is 1.68. The number of halogens is 1. The van der Waals surface area contributed by atoms with Gasteiger partial charge in [0, 0.05) is 0 Å². The van der Waals surface area contributed by atoms with Gasteiger partial charge in [-0.05, 0) is 0 Å². The molecule has 0 spiro atoms. The molecule has 0 amide bonds. The van der Waals surface area contributed by atoms with E-state index in [0.717, 1.165) is 0 Å². The molecule has 0 N–H and O–H groups in total. The van der Waals surface area contributed by atoms with Gasteiger partial charge in [-0.25, -0.2) is 0 Å². The molecule has 3 nitrogen and oxygen atoms in total. The predicted octanol–water partition coefficient (Wildman–Crippen LogP) is 0.469. The van der Waals surface area contributed by atoms with Crippen LogP contribution in [0.5, 0.6) is 0 Å². The van der Waals surface area contributed by atoms with Crippen molar-refractivity contribution in [3.8, 4) is 0 Å². The van der Waals surface area contributed by atoms with Crippen LogP contribution in [0.2, 0.25) is 0 Å². The zero-order valence-corrected chi connectivity index (χ0v) is 5.54. The molecule has 0 unspecified atom stereocenters. The van der Waals surface area contributed by atoms with Crippen LogP contribution in [-0.2, 0) is 12.7 Å². The summed E-state index contributed by atoms with van der Waals surface area (Å²) in [6, 6.07) is 0. The number of hydrogen-bond acceptors (Lipinski definition) is 3. The van der Waals surface area contributed by atoms with Crippen LogP contribution < -0.4 is 0 Å². The molecule has 0 aromatic heterocycles. The Morgan fingerprint density at radius 2 is 2.43 bits per heavy atom. The largest absolute Gasteiger partial charge is 0.394 e. The van der Waals surface area contributed by atoms with Crippen molar-refractivity contribution in [2.75, 3.05) is 0 Å². The third kappa shape index (κ3) is 3.71. The molecule has 0 saturated carbocycles. The van der Waals surface area contributed by atoms with Gasteiger partial charge < -0.3 is 7.86 Å². The highest BCUT2D eigenvalue weighted by atomic mass is 127. The number of rotatable bonds is 2. The maximum absolute atomic E-state index is 9.95. The van der Waals surface area contributed by atoms with E-state index in [4.69, 9.17) is 0 Å². The molecule has 0 aliphatic carbocycles. The summed E-state index contributed by atoms with van der Waals surface area (Å²) in [5, 5.41) is 0.